The van der Waals surface area contributed by atoms with E-state index in [1.807, 2.05) is 11.8 Å². The summed E-state index contributed by atoms with van der Waals surface area (Å²) in [5.41, 5.74) is -0.438. The van der Waals surface area contributed by atoms with Crippen LogP contribution in [0.1, 0.15) is 39.0 Å². The number of hydrogen-bond acceptors (Lipinski definition) is 5. The van der Waals surface area contributed by atoms with E-state index in [0.29, 0.717) is 5.92 Å². The van der Waals surface area contributed by atoms with Crippen LogP contribution in [0.3, 0.4) is 0 Å². The van der Waals surface area contributed by atoms with Crippen molar-refractivity contribution in [2.75, 3.05) is 38.9 Å². The van der Waals surface area contributed by atoms with Crippen molar-refractivity contribution in [2.45, 2.75) is 44.6 Å². The number of rotatable bonds is 10. The molecule has 0 radical (unpaired) electrons. The maximum absolute atomic E-state index is 12.3. The van der Waals surface area contributed by atoms with Crippen molar-refractivity contribution < 1.29 is 14.3 Å². The second-order valence-corrected chi connectivity index (χ2v) is 6.60. The molecule has 1 aliphatic rings. The normalized spacial score (nSPS) is 25.9. The van der Waals surface area contributed by atoms with Gasteiger partial charge in [-0.3, -0.25) is 4.79 Å². The van der Waals surface area contributed by atoms with E-state index in [9.17, 15) is 4.79 Å². The number of ether oxygens (including phenoxy) is 2. The third-order valence-corrected chi connectivity index (χ3v) is 5.08. The first kappa shape index (κ1) is 17.8. The molecule has 0 amide bonds. The highest BCUT2D eigenvalue weighted by Gasteiger charge is 2.48. The molecule has 1 saturated carbocycles. The van der Waals surface area contributed by atoms with Crippen molar-refractivity contribution in [1.82, 2.24) is 5.32 Å². The minimum absolute atomic E-state index is 0.0738. The number of thioether (sulfide) groups is 1. The summed E-state index contributed by atoms with van der Waals surface area (Å²) in [5, 5.41) is 3.49. The molecule has 2 atom stereocenters. The van der Waals surface area contributed by atoms with Crippen molar-refractivity contribution in [3.63, 3.8) is 0 Å². The fourth-order valence-corrected chi connectivity index (χ4v) is 3.98. The Labute approximate surface area is 127 Å². The van der Waals surface area contributed by atoms with Crippen molar-refractivity contribution >= 4 is 17.7 Å². The second-order valence-electron chi connectivity index (χ2n) is 5.37. The first-order valence-corrected chi connectivity index (χ1v) is 8.76. The van der Waals surface area contributed by atoms with Gasteiger partial charge in [0, 0.05) is 12.9 Å². The highest BCUT2D eigenvalue weighted by molar-refractivity contribution is 7.99. The van der Waals surface area contributed by atoms with Gasteiger partial charge in [0.1, 0.15) is 5.54 Å². The summed E-state index contributed by atoms with van der Waals surface area (Å²) in [7, 11) is 3.23. The van der Waals surface area contributed by atoms with Crippen LogP contribution in [-0.4, -0.2) is 50.4 Å². The highest BCUT2D eigenvalue weighted by atomic mass is 32.2. The Hall–Kier alpha value is -0.260. The zero-order chi connectivity index (χ0) is 14.8. The van der Waals surface area contributed by atoms with Gasteiger partial charge in [-0.15, -0.1) is 0 Å². The second kappa shape index (κ2) is 9.64. The summed E-state index contributed by atoms with van der Waals surface area (Å²) in [4.78, 5) is 12.3. The molecule has 0 bridgehead atoms. The predicted molar refractivity (Wildman–Crippen MR) is 84.2 cm³/mol. The third kappa shape index (κ3) is 4.64. The van der Waals surface area contributed by atoms with Crippen molar-refractivity contribution in [2.24, 2.45) is 5.92 Å². The fourth-order valence-electron chi connectivity index (χ4n) is 3.04. The third-order valence-electron chi connectivity index (χ3n) is 4.10. The lowest BCUT2D eigenvalue weighted by Crippen LogP contribution is -2.55. The number of methoxy groups -OCH3 is 2. The van der Waals surface area contributed by atoms with Crippen LogP contribution in [0.15, 0.2) is 0 Å². The molecule has 2 unspecified atom stereocenters. The molecule has 0 spiro atoms. The summed E-state index contributed by atoms with van der Waals surface area (Å²) in [5.74, 6) is 2.43. The van der Waals surface area contributed by atoms with Crippen molar-refractivity contribution in [1.29, 1.82) is 0 Å². The minimum atomic E-state index is -0.438. The first-order chi connectivity index (χ1) is 9.71. The zero-order valence-corrected chi connectivity index (χ0v) is 13.9. The molecule has 1 fully saturated rings. The number of carbonyl (C=O) groups is 1. The van der Waals surface area contributed by atoms with Crippen LogP contribution in [0.5, 0.6) is 0 Å². The molecule has 0 heterocycles. The number of esters is 1. The molecule has 5 heteroatoms. The van der Waals surface area contributed by atoms with Crippen LogP contribution in [0, 0.1) is 5.92 Å². The van der Waals surface area contributed by atoms with E-state index in [1.54, 1.807) is 7.11 Å². The molecule has 0 aromatic carbocycles. The quantitative estimate of drug-likeness (QED) is 0.496. The maximum atomic E-state index is 12.3. The molecule has 1 rings (SSSR count). The van der Waals surface area contributed by atoms with Gasteiger partial charge in [0.15, 0.2) is 0 Å². The zero-order valence-electron chi connectivity index (χ0n) is 13.1. The van der Waals surface area contributed by atoms with Gasteiger partial charge in [0.25, 0.3) is 0 Å². The minimum Gasteiger partial charge on any atom is -0.468 e. The van der Waals surface area contributed by atoms with Crippen molar-refractivity contribution in [3.8, 4) is 0 Å². The molecule has 0 aromatic heterocycles. The van der Waals surface area contributed by atoms with Gasteiger partial charge in [-0.1, -0.05) is 13.3 Å². The van der Waals surface area contributed by atoms with Crippen LogP contribution in [0.25, 0.3) is 0 Å². The van der Waals surface area contributed by atoms with E-state index < -0.39 is 5.54 Å². The van der Waals surface area contributed by atoms with Crippen LogP contribution < -0.4 is 5.32 Å². The lowest BCUT2D eigenvalue weighted by molar-refractivity contribution is -0.150. The molecule has 118 valence electrons. The number of hydrogen-bond donors (Lipinski definition) is 1. The summed E-state index contributed by atoms with van der Waals surface area (Å²) in [6, 6.07) is 0. The van der Waals surface area contributed by atoms with Gasteiger partial charge in [-0.2, -0.15) is 11.8 Å². The average Bonchev–Trinajstić information content (AvgIpc) is 2.88. The van der Waals surface area contributed by atoms with E-state index >= 15 is 0 Å². The Bertz CT molecular complexity index is 288. The lowest BCUT2D eigenvalue weighted by atomic mass is 9.85. The largest absolute Gasteiger partial charge is 0.468 e. The summed E-state index contributed by atoms with van der Waals surface area (Å²) >= 11 is 1.90. The van der Waals surface area contributed by atoms with E-state index in [-0.39, 0.29) is 5.97 Å². The maximum Gasteiger partial charge on any atom is 0.326 e. The Morgan fingerprint density at radius 1 is 1.40 bits per heavy atom. The van der Waals surface area contributed by atoms with Gasteiger partial charge in [-0.25, -0.2) is 0 Å². The number of nitrogens with one attached hydrogen (secondary N) is 1. The Morgan fingerprint density at radius 3 is 2.85 bits per heavy atom. The SMILES string of the molecule is CCCNC1(C(=O)OC)CCCC1CCSCCOC. The van der Waals surface area contributed by atoms with E-state index in [1.165, 1.54) is 7.11 Å². The van der Waals surface area contributed by atoms with E-state index in [4.69, 9.17) is 9.47 Å². The van der Waals surface area contributed by atoms with Crippen LogP contribution in [-0.2, 0) is 14.3 Å². The molecular formula is C15H29NO3S. The Kier molecular flexibility index (Phi) is 8.57. The fraction of sp³-hybridized carbons (Fsp3) is 0.933. The monoisotopic (exact) mass is 303 g/mol. The summed E-state index contributed by atoms with van der Waals surface area (Å²) in [6.45, 7) is 3.80. The molecule has 0 saturated heterocycles. The van der Waals surface area contributed by atoms with E-state index in [0.717, 1.165) is 56.8 Å². The van der Waals surface area contributed by atoms with Gasteiger partial charge in [0.05, 0.1) is 13.7 Å². The topological polar surface area (TPSA) is 47.6 Å². The predicted octanol–water partition coefficient (Wildman–Crippen LogP) is 2.47. The van der Waals surface area contributed by atoms with E-state index in [2.05, 4.69) is 12.2 Å². The smallest absolute Gasteiger partial charge is 0.326 e. The summed E-state index contributed by atoms with van der Waals surface area (Å²) in [6.07, 6.45) is 5.25. The molecule has 0 aromatic rings. The van der Waals surface area contributed by atoms with Crippen LogP contribution in [0.4, 0.5) is 0 Å². The van der Waals surface area contributed by atoms with Gasteiger partial charge in [-0.05, 0) is 43.9 Å². The average molecular weight is 303 g/mol. The molecule has 20 heavy (non-hydrogen) atoms. The van der Waals surface area contributed by atoms with Gasteiger partial charge in [0.2, 0.25) is 0 Å². The molecule has 1 N–H and O–H groups in total. The van der Waals surface area contributed by atoms with Crippen LogP contribution in [0.2, 0.25) is 0 Å². The standard InChI is InChI=1S/C15H29NO3S/c1-4-9-16-15(14(17)19-3)8-5-6-13(15)7-11-20-12-10-18-2/h13,16H,4-12H2,1-3H3. The van der Waals surface area contributed by atoms with Gasteiger partial charge >= 0.3 is 5.97 Å². The molecular weight excluding hydrogens is 274 g/mol. The van der Waals surface area contributed by atoms with Crippen molar-refractivity contribution in [3.05, 3.63) is 0 Å². The molecule has 4 nitrogen and oxygen atoms in total. The van der Waals surface area contributed by atoms with Crippen LogP contribution >= 0.6 is 11.8 Å². The first-order valence-electron chi connectivity index (χ1n) is 7.61. The lowest BCUT2D eigenvalue weighted by Gasteiger charge is -2.34. The highest BCUT2D eigenvalue weighted by Crippen LogP contribution is 2.39. The molecule has 1 aliphatic carbocycles. The Balaban J connectivity index is 2.54. The Morgan fingerprint density at radius 2 is 2.20 bits per heavy atom. The summed E-state index contributed by atoms with van der Waals surface area (Å²) < 4.78 is 10.1. The number of carbonyl (C=O) groups excluding carboxylic acids is 1. The molecule has 0 aliphatic heterocycles. The van der Waals surface area contributed by atoms with Gasteiger partial charge < -0.3 is 14.8 Å².